The van der Waals surface area contributed by atoms with E-state index in [4.69, 9.17) is 19.0 Å². The molecule has 0 N–H and O–H groups in total. The van der Waals surface area contributed by atoms with Gasteiger partial charge in [0, 0.05) is 11.1 Å². The number of para-hydroxylation sites is 1. The van der Waals surface area contributed by atoms with Crippen molar-refractivity contribution >= 4 is 44.0 Å². The number of ether oxygens (including phenoxy) is 3. The van der Waals surface area contributed by atoms with Gasteiger partial charge in [0.05, 0.1) is 35.3 Å². The van der Waals surface area contributed by atoms with Crippen LogP contribution >= 0.6 is 31.9 Å². The number of hydrogen-bond donors (Lipinski definition) is 0. The minimum atomic E-state index is -0.311. The van der Waals surface area contributed by atoms with Gasteiger partial charge in [-0.2, -0.15) is 0 Å². The molecule has 0 aliphatic rings. The Labute approximate surface area is 228 Å². The van der Waals surface area contributed by atoms with Gasteiger partial charge in [0.2, 0.25) is 0 Å². The molecule has 0 fully saturated rings. The summed E-state index contributed by atoms with van der Waals surface area (Å²) in [4.78, 5) is 17.4. The first-order chi connectivity index (χ1) is 17.4. The summed E-state index contributed by atoms with van der Waals surface area (Å²) in [6.07, 6.45) is 2.71. The molecule has 0 aliphatic heterocycles. The molecule has 0 spiro atoms. The molecule has 36 heavy (non-hydrogen) atoms. The molecular weight excluding hydrogens is 590 g/mol. The van der Waals surface area contributed by atoms with Crippen LogP contribution in [0.15, 0.2) is 68.7 Å². The number of carbonyl (C=O) groups is 1. The Balaban J connectivity index is 1.75. The van der Waals surface area contributed by atoms with Crippen LogP contribution in [0, 0.1) is 0 Å². The van der Waals surface area contributed by atoms with Crippen LogP contribution in [0.5, 0.6) is 23.0 Å². The average molecular weight is 619 g/mol. The quantitative estimate of drug-likeness (QED) is 0.124. The highest BCUT2D eigenvalue weighted by Crippen LogP contribution is 2.40. The first-order valence-electron chi connectivity index (χ1n) is 11.6. The fourth-order valence-electron chi connectivity index (χ4n) is 3.50. The second-order valence-electron chi connectivity index (χ2n) is 8.04. The standard InChI is InChI=1S/C28H29Br2NO5/c1-5-18(3)22-16-21(11-12-26(22)33-4)35-28-23(29)13-19(14-24(28)30)17-31-36-25-10-8-7-9-20(25)15-27(32)34-6-2/h7-14,16-18H,5-6,15H2,1-4H3. The molecule has 190 valence electrons. The van der Waals surface area contributed by atoms with Gasteiger partial charge in [0.15, 0.2) is 11.5 Å². The highest BCUT2D eigenvalue weighted by Gasteiger charge is 2.15. The third-order valence-corrected chi connectivity index (χ3v) is 6.73. The fraction of sp³-hybridized carbons (Fsp3) is 0.286. The van der Waals surface area contributed by atoms with Crippen molar-refractivity contribution in [2.45, 2.75) is 39.5 Å². The number of carbonyl (C=O) groups excluding carboxylic acids is 1. The molecule has 3 aromatic carbocycles. The molecule has 1 unspecified atom stereocenters. The van der Waals surface area contributed by atoms with Crippen LogP contribution in [0.4, 0.5) is 0 Å². The zero-order chi connectivity index (χ0) is 26.1. The van der Waals surface area contributed by atoms with Crippen molar-refractivity contribution in [2.24, 2.45) is 5.16 Å². The minimum Gasteiger partial charge on any atom is -0.496 e. The fourth-order valence-corrected chi connectivity index (χ4v) is 4.88. The van der Waals surface area contributed by atoms with E-state index in [9.17, 15) is 4.79 Å². The van der Waals surface area contributed by atoms with Crippen LogP contribution in [-0.2, 0) is 16.0 Å². The third-order valence-electron chi connectivity index (χ3n) is 5.55. The Morgan fingerprint density at radius 2 is 1.75 bits per heavy atom. The molecule has 0 amide bonds. The van der Waals surface area contributed by atoms with E-state index in [1.54, 1.807) is 26.3 Å². The molecular formula is C28H29Br2NO5. The number of benzene rings is 3. The number of methoxy groups -OCH3 is 1. The molecule has 3 aromatic rings. The second kappa shape index (κ2) is 13.5. The number of halogens is 2. The molecule has 0 aliphatic carbocycles. The summed E-state index contributed by atoms with van der Waals surface area (Å²) < 4.78 is 18.3. The van der Waals surface area contributed by atoms with Crippen LogP contribution in [0.25, 0.3) is 0 Å². The monoisotopic (exact) mass is 617 g/mol. The number of oxime groups is 1. The molecule has 0 saturated heterocycles. The lowest BCUT2D eigenvalue weighted by atomic mass is 9.97. The predicted molar refractivity (Wildman–Crippen MR) is 149 cm³/mol. The first kappa shape index (κ1) is 27.7. The van der Waals surface area contributed by atoms with E-state index in [1.165, 1.54) is 0 Å². The zero-order valence-electron chi connectivity index (χ0n) is 20.7. The molecule has 6 nitrogen and oxygen atoms in total. The van der Waals surface area contributed by atoms with Gasteiger partial charge in [-0.1, -0.05) is 37.2 Å². The maximum atomic E-state index is 11.9. The lowest BCUT2D eigenvalue weighted by molar-refractivity contribution is -0.142. The normalized spacial score (nSPS) is 11.8. The van der Waals surface area contributed by atoms with Crippen molar-refractivity contribution in [2.75, 3.05) is 13.7 Å². The zero-order valence-corrected chi connectivity index (χ0v) is 23.9. The van der Waals surface area contributed by atoms with Crippen LogP contribution in [0.2, 0.25) is 0 Å². The number of nitrogens with zero attached hydrogens (tertiary/aromatic N) is 1. The van der Waals surface area contributed by atoms with Gasteiger partial charge in [-0.05, 0) is 93.1 Å². The molecule has 1 atom stereocenters. The summed E-state index contributed by atoms with van der Waals surface area (Å²) in [7, 11) is 1.68. The maximum Gasteiger partial charge on any atom is 0.310 e. The Morgan fingerprint density at radius 3 is 2.42 bits per heavy atom. The molecule has 8 heteroatoms. The van der Waals surface area contributed by atoms with E-state index >= 15 is 0 Å². The van der Waals surface area contributed by atoms with Crippen LogP contribution in [-0.4, -0.2) is 25.9 Å². The molecule has 0 heterocycles. The molecule has 3 rings (SSSR count). The summed E-state index contributed by atoms with van der Waals surface area (Å²) in [5, 5.41) is 4.11. The van der Waals surface area contributed by atoms with Gasteiger partial charge < -0.3 is 19.0 Å². The Morgan fingerprint density at radius 1 is 1.03 bits per heavy atom. The van der Waals surface area contributed by atoms with Crippen molar-refractivity contribution in [3.63, 3.8) is 0 Å². The van der Waals surface area contributed by atoms with E-state index in [0.717, 1.165) is 38.0 Å². The third kappa shape index (κ3) is 7.34. The molecule has 0 aromatic heterocycles. The maximum absolute atomic E-state index is 11.9. The van der Waals surface area contributed by atoms with Gasteiger partial charge in [-0.15, -0.1) is 0 Å². The van der Waals surface area contributed by atoms with E-state index < -0.39 is 0 Å². The number of hydrogen-bond acceptors (Lipinski definition) is 6. The van der Waals surface area contributed by atoms with E-state index in [2.05, 4.69) is 50.9 Å². The van der Waals surface area contributed by atoms with Gasteiger partial charge in [0.25, 0.3) is 0 Å². The molecule has 0 saturated carbocycles. The predicted octanol–water partition coefficient (Wildman–Crippen LogP) is 8.04. The van der Waals surface area contributed by atoms with Gasteiger partial charge >= 0.3 is 5.97 Å². The first-order valence-corrected chi connectivity index (χ1v) is 13.2. The van der Waals surface area contributed by atoms with Gasteiger partial charge in [0.1, 0.15) is 11.5 Å². The largest absolute Gasteiger partial charge is 0.496 e. The van der Waals surface area contributed by atoms with E-state index in [0.29, 0.717) is 29.6 Å². The van der Waals surface area contributed by atoms with Crippen molar-refractivity contribution in [3.05, 3.63) is 80.2 Å². The topological polar surface area (TPSA) is 66.4 Å². The second-order valence-corrected chi connectivity index (χ2v) is 9.75. The van der Waals surface area contributed by atoms with Gasteiger partial charge in [-0.25, -0.2) is 0 Å². The molecule has 0 radical (unpaired) electrons. The van der Waals surface area contributed by atoms with Crippen LogP contribution < -0.4 is 14.3 Å². The minimum absolute atomic E-state index is 0.118. The van der Waals surface area contributed by atoms with Crippen molar-refractivity contribution in [3.8, 4) is 23.0 Å². The summed E-state index contributed by atoms with van der Waals surface area (Å²) in [6, 6.07) is 16.8. The Kier molecular flexibility index (Phi) is 10.4. The van der Waals surface area contributed by atoms with Crippen molar-refractivity contribution in [1.82, 2.24) is 0 Å². The highest BCUT2D eigenvalue weighted by atomic mass is 79.9. The molecule has 0 bridgehead atoms. The van der Waals surface area contributed by atoms with Gasteiger partial charge in [-0.3, -0.25) is 4.79 Å². The van der Waals surface area contributed by atoms with Crippen molar-refractivity contribution in [1.29, 1.82) is 0 Å². The van der Waals surface area contributed by atoms with E-state index in [-0.39, 0.29) is 12.4 Å². The SMILES string of the molecule is CCOC(=O)Cc1ccccc1ON=Cc1cc(Br)c(Oc2ccc(OC)c(C(C)CC)c2)c(Br)c1. The highest BCUT2D eigenvalue weighted by molar-refractivity contribution is 9.11. The lowest BCUT2D eigenvalue weighted by Gasteiger charge is -2.17. The average Bonchev–Trinajstić information content (AvgIpc) is 2.86. The Bertz CT molecular complexity index is 1210. The van der Waals surface area contributed by atoms with Crippen LogP contribution in [0.1, 0.15) is 49.8 Å². The lowest BCUT2D eigenvalue weighted by Crippen LogP contribution is -2.08. The summed E-state index contributed by atoms with van der Waals surface area (Å²) in [5.74, 6) is 2.75. The summed E-state index contributed by atoms with van der Waals surface area (Å²) >= 11 is 7.20. The van der Waals surface area contributed by atoms with Crippen LogP contribution in [0.3, 0.4) is 0 Å². The number of rotatable bonds is 11. The summed E-state index contributed by atoms with van der Waals surface area (Å²) in [5.41, 5.74) is 2.60. The smallest absolute Gasteiger partial charge is 0.310 e. The summed E-state index contributed by atoms with van der Waals surface area (Å²) in [6.45, 7) is 6.42. The van der Waals surface area contributed by atoms with E-state index in [1.807, 2.05) is 48.5 Å². The van der Waals surface area contributed by atoms with Crippen molar-refractivity contribution < 1.29 is 23.8 Å². The number of esters is 1. The Hall–Kier alpha value is -2.84.